The number of anilines is 1. The van der Waals surface area contributed by atoms with Gasteiger partial charge in [0.15, 0.2) is 0 Å². The SMILES string of the molecule is O=C(Nc1ccccn1)C1CCC1. The molecule has 3 heteroatoms. The van der Waals surface area contributed by atoms with Crippen molar-refractivity contribution in [3.05, 3.63) is 24.4 Å². The Labute approximate surface area is 77.2 Å². The van der Waals surface area contributed by atoms with Gasteiger partial charge in [0.2, 0.25) is 5.91 Å². The Kier molecular flexibility index (Phi) is 2.25. The first-order valence-electron chi connectivity index (χ1n) is 4.58. The molecule has 0 saturated heterocycles. The number of aromatic nitrogens is 1. The van der Waals surface area contributed by atoms with E-state index in [0.29, 0.717) is 5.82 Å². The van der Waals surface area contributed by atoms with E-state index in [4.69, 9.17) is 0 Å². The van der Waals surface area contributed by atoms with Crippen molar-refractivity contribution in [1.82, 2.24) is 4.98 Å². The van der Waals surface area contributed by atoms with Gasteiger partial charge in [-0.15, -0.1) is 0 Å². The third kappa shape index (κ3) is 1.86. The summed E-state index contributed by atoms with van der Waals surface area (Å²) in [5.74, 6) is 0.992. The number of pyridine rings is 1. The van der Waals surface area contributed by atoms with Crippen molar-refractivity contribution in [3.63, 3.8) is 0 Å². The number of rotatable bonds is 2. The van der Waals surface area contributed by atoms with Crippen LogP contribution in [0.2, 0.25) is 0 Å². The van der Waals surface area contributed by atoms with E-state index < -0.39 is 0 Å². The Morgan fingerprint density at radius 1 is 1.46 bits per heavy atom. The lowest BCUT2D eigenvalue weighted by Gasteiger charge is -2.23. The smallest absolute Gasteiger partial charge is 0.228 e. The maximum Gasteiger partial charge on any atom is 0.228 e. The Bertz CT molecular complexity index is 293. The predicted octanol–water partition coefficient (Wildman–Crippen LogP) is 1.82. The van der Waals surface area contributed by atoms with Crippen molar-refractivity contribution >= 4 is 11.7 Å². The molecule has 0 radical (unpaired) electrons. The summed E-state index contributed by atoms with van der Waals surface area (Å²) >= 11 is 0. The molecule has 0 atom stereocenters. The molecule has 1 amide bonds. The molecule has 1 aliphatic carbocycles. The first kappa shape index (κ1) is 8.23. The molecule has 0 unspecified atom stereocenters. The first-order chi connectivity index (χ1) is 6.36. The zero-order valence-electron chi connectivity index (χ0n) is 7.36. The first-order valence-corrected chi connectivity index (χ1v) is 4.58. The van der Waals surface area contributed by atoms with E-state index in [1.54, 1.807) is 12.3 Å². The van der Waals surface area contributed by atoms with Crippen LogP contribution in [0.15, 0.2) is 24.4 Å². The molecular weight excluding hydrogens is 164 g/mol. The highest BCUT2D eigenvalue weighted by Crippen LogP contribution is 2.27. The van der Waals surface area contributed by atoms with Gasteiger partial charge >= 0.3 is 0 Å². The molecule has 68 valence electrons. The lowest BCUT2D eigenvalue weighted by Crippen LogP contribution is -2.28. The second-order valence-corrected chi connectivity index (χ2v) is 3.33. The van der Waals surface area contributed by atoms with Crippen LogP contribution in [-0.2, 0) is 4.79 Å². The van der Waals surface area contributed by atoms with E-state index in [-0.39, 0.29) is 11.8 Å². The third-order valence-corrected chi connectivity index (χ3v) is 2.39. The normalized spacial score (nSPS) is 16.3. The van der Waals surface area contributed by atoms with E-state index in [2.05, 4.69) is 10.3 Å². The van der Waals surface area contributed by atoms with Crippen LogP contribution < -0.4 is 5.32 Å². The molecule has 0 spiro atoms. The minimum Gasteiger partial charge on any atom is -0.310 e. The quantitative estimate of drug-likeness (QED) is 0.746. The molecule has 0 bridgehead atoms. The Hall–Kier alpha value is -1.38. The van der Waals surface area contributed by atoms with E-state index in [1.807, 2.05) is 12.1 Å². The zero-order valence-corrected chi connectivity index (χ0v) is 7.36. The van der Waals surface area contributed by atoms with Gasteiger partial charge in [-0.1, -0.05) is 12.5 Å². The van der Waals surface area contributed by atoms with Crippen LogP contribution in [0.4, 0.5) is 5.82 Å². The maximum atomic E-state index is 11.4. The second kappa shape index (κ2) is 3.56. The van der Waals surface area contributed by atoms with Crippen LogP contribution in [-0.4, -0.2) is 10.9 Å². The fourth-order valence-corrected chi connectivity index (χ4v) is 1.34. The van der Waals surface area contributed by atoms with Crippen molar-refractivity contribution in [2.45, 2.75) is 19.3 Å². The van der Waals surface area contributed by atoms with Gasteiger partial charge in [0, 0.05) is 12.1 Å². The van der Waals surface area contributed by atoms with Crippen LogP contribution in [0.1, 0.15) is 19.3 Å². The molecule has 1 N–H and O–H groups in total. The summed E-state index contributed by atoms with van der Waals surface area (Å²) in [6.07, 6.45) is 4.91. The highest BCUT2D eigenvalue weighted by atomic mass is 16.2. The van der Waals surface area contributed by atoms with Gasteiger partial charge in [0.1, 0.15) is 5.82 Å². The molecule has 2 rings (SSSR count). The number of carbonyl (C=O) groups is 1. The summed E-state index contributed by atoms with van der Waals surface area (Å²) in [6.45, 7) is 0. The van der Waals surface area contributed by atoms with Crippen molar-refractivity contribution in [1.29, 1.82) is 0 Å². The third-order valence-electron chi connectivity index (χ3n) is 2.39. The lowest BCUT2D eigenvalue weighted by atomic mass is 9.85. The Balaban J connectivity index is 1.94. The van der Waals surface area contributed by atoms with E-state index >= 15 is 0 Å². The standard InChI is InChI=1S/C10H12N2O/c13-10(8-4-3-5-8)12-9-6-1-2-7-11-9/h1-2,6-8H,3-5H2,(H,11,12,13). The van der Waals surface area contributed by atoms with Gasteiger partial charge in [-0.2, -0.15) is 0 Å². The molecular formula is C10H12N2O. The van der Waals surface area contributed by atoms with Gasteiger partial charge in [0.25, 0.3) is 0 Å². The van der Waals surface area contributed by atoms with Gasteiger partial charge < -0.3 is 5.32 Å². The second-order valence-electron chi connectivity index (χ2n) is 3.33. The molecule has 1 aromatic rings. The molecule has 3 nitrogen and oxygen atoms in total. The highest BCUT2D eigenvalue weighted by Gasteiger charge is 2.25. The van der Waals surface area contributed by atoms with Crippen LogP contribution in [0.5, 0.6) is 0 Å². The largest absolute Gasteiger partial charge is 0.310 e. The van der Waals surface area contributed by atoms with E-state index in [1.165, 1.54) is 6.42 Å². The van der Waals surface area contributed by atoms with E-state index in [0.717, 1.165) is 12.8 Å². The molecule has 1 aliphatic rings. The monoisotopic (exact) mass is 176 g/mol. The van der Waals surface area contributed by atoms with Crippen LogP contribution in [0, 0.1) is 5.92 Å². The number of nitrogens with zero attached hydrogens (tertiary/aromatic N) is 1. The topological polar surface area (TPSA) is 42.0 Å². The number of hydrogen-bond donors (Lipinski definition) is 1. The Morgan fingerprint density at radius 3 is 2.85 bits per heavy atom. The van der Waals surface area contributed by atoms with Crippen molar-refractivity contribution < 1.29 is 4.79 Å². The Morgan fingerprint density at radius 2 is 2.31 bits per heavy atom. The van der Waals surface area contributed by atoms with Gasteiger partial charge in [0.05, 0.1) is 0 Å². The molecule has 1 saturated carbocycles. The number of hydrogen-bond acceptors (Lipinski definition) is 2. The fourth-order valence-electron chi connectivity index (χ4n) is 1.34. The summed E-state index contributed by atoms with van der Waals surface area (Å²) in [7, 11) is 0. The lowest BCUT2D eigenvalue weighted by molar-refractivity contribution is -0.122. The fraction of sp³-hybridized carbons (Fsp3) is 0.400. The van der Waals surface area contributed by atoms with Gasteiger partial charge in [-0.25, -0.2) is 4.98 Å². The zero-order chi connectivity index (χ0) is 9.10. The summed E-state index contributed by atoms with van der Waals surface area (Å²) < 4.78 is 0. The summed E-state index contributed by atoms with van der Waals surface area (Å²) in [6, 6.07) is 5.50. The molecule has 13 heavy (non-hydrogen) atoms. The van der Waals surface area contributed by atoms with Crippen LogP contribution >= 0.6 is 0 Å². The van der Waals surface area contributed by atoms with Gasteiger partial charge in [-0.3, -0.25) is 4.79 Å². The average molecular weight is 176 g/mol. The maximum absolute atomic E-state index is 11.4. The van der Waals surface area contributed by atoms with Gasteiger partial charge in [-0.05, 0) is 25.0 Å². The highest BCUT2D eigenvalue weighted by molar-refractivity contribution is 5.92. The van der Waals surface area contributed by atoms with Crippen molar-refractivity contribution in [2.75, 3.05) is 5.32 Å². The molecule has 0 aromatic carbocycles. The van der Waals surface area contributed by atoms with Crippen LogP contribution in [0.25, 0.3) is 0 Å². The summed E-state index contributed by atoms with van der Waals surface area (Å²) in [4.78, 5) is 15.5. The predicted molar refractivity (Wildman–Crippen MR) is 50.2 cm³/mol. The van der Waals surface area contributed by atoms with Crippen molar-refractivity contribution in [3.8, 4) is 0 Å². The summed E-state index contributed by atoms with van der Waals surface area (Å²) in [5.41, 5.74) is 0. The molecule has 0 aliphatic heterocycles. The molecule has 1 fully saturated rings. The minimum absolute atomic E-state index is 0.116. The number of carbonyl (C=O) groups excluding carboxylic acids is 1. The molecule has 1 aromatic heterocycles. The minimum atomic E-state index is 0.116. The number of nitrogens with one attached hydrogen (secondary N) is 1. The van der Waals surface area contributed by atoms with E-state index in [9.17, 15) is 4.79 Å². The molecule has 1 heterocycles. The van der Waals surface area contributed by atoms with Crippen LogP contribution in [0.3, 0.4) is 0 Å². The van der Waals surface area contributed by atoms with Crippen molar-refractivity contribution in [2.24, 2.45) is 5.92 Å². The number of amides is 1. The average Bonchev–Trinajstić information content (AvgIpc) is 2.02. The summed E-state index contributed by atoms with van der Waals surface area (Å²) in [5, 5.41) is 2.79.